The van der Waals surface area contributed by atoms with E-state index in [0.29, 0.717) is 6.04 Å². The Kier molecular flexibility index (Phi) is 5.73. The van der Waals surface area contributed by atoms with E-state index in [9.17, 15) is 0 Å². The van der Waals surface area contributed by atoms with Gasteiger partial charge in [-0.1, -0.05) is 37.8 Å². The average molecular weight is 277 g/mol. The number of nitrogens with two attached hydrogens (primary N) is 1. The van der Waals surface area contributed by atoms with Crippen molar-refractivity contribution in [3.8, 4) is 0 Å². The van der Waals surface area contributed by atoms with Crippen molar-refractivity contribution < 1.29 is 0 Å². The van der Waals surface area contributed by atoms with Crippen molar-refractivity contribution in [1.82, 2.24) is 5.43 Å². The summed E-state index contributed by atoms with van der Waals surface area (Å²) in [7, 11) is 0. The maximum Gasteiger partial charge on any atom is 0.142 e. The number of amidine groups is 1. The van der Waals surface area contributed by atoms with Crippen LogP contribution in [-0.2, 0) is 0 Å². The molecule has 0 aromatic heterocycles. The zero-order valence-corrected chi connectivity index (χ0v) is 12.4. The molecule has 1 fully saturated rings. The van der Waals surface area contributed by atoms with Crippen molar-refractivity contribution in [3.63, 3.8) is 0 Å². The minimum atomic E-state index is 0.425. The molecule has 104 valence electrons. The Labute approximate surface area is 120 Å². The second-order valence-corrected chi connectivity index (χ2v) is 5.88. The third-order valence-corrected chi connectivity index (χ3v) is 4.38. The third kappa shape index (κ3) is 4.25. The molecule has 0 heterocycles. The molecule has 3 N–H and O–H groups in total. The van der Waals surface area contributed by atoms with Crippen LogP contribution in [0.4, 0.5) is 0 Å². The molecule has 0 amide bonds. The van der Waals surface area contributed by atoms with Gasteiger partial charge in [0.2, 0.25) is 0 Å². The van der Waals surface area contributed by atoms with Gasteiger partial charge >= 0.3 is 0 Å². The van der Waals surface area contributed by atoms with Crippen LogP contribution < -0.4 is 11.3 Å². The predicted octanol–water partition coefficient (Wildman–Crippen LogP) is 3.34. The van der Waals surface area contributed by atoms with E-state index in [4.69, 9.17) is 10.8 Å². The van der Waals surface area contributed by atoms with Gasteiger partial charge in [0.05, 0.1) is 6.04 Å². The van der Waals surface area contributed by atoms with E-state index in [1.807, 2.05) is 0 Å². The van der Waals surface area contributed by atoms with Gasteiger partial charge in [-0.15, -0.1) is 11.8 Å². The lowest BCUT2D eigenvalue weighted by Gasteiger charge is -2.13. The third-order valence-electron chi connectivity index (χ3n) is 3.64. The maximum atomic E-state index is 5.65. The first-order valence-electron chi connectivity index (χ1n) is 7.02. The second kappa shape index (κ2) is 7.56. The van der Waals surface area contributed by atoms with Crippen molar-refractivity contribution in [2.75, 3.05) is 6.26 Å². The average Bonchev–Trinajstić information content (AvgIpc) is 2.73. The highest BCUT2D eigenvalue weighted by Gasteiger charge is 2.12. The first-order chi connectivity index (χ1) is 9.33. The number of hydrogen-bond acceptors (Lipinski definition) is 3. The van der Waals surface area contributed by atoms with Crippen molar-refractivity contribution >= 4 is 17.6 Å². The smallest absolute Gasteiger partial charge is 0.142 e. The monoisotopic (exact) mass is 277 g/mol. The minimum Gasteiger partial charge on any atom is -0.308 e. The number of hydrogen-bond donors (Lipinski definition) is 2. The Morgan fingerprint density at radius 2 is 1.79 bits per heavy atom. The molecule has 0 spiro atoms. The molecule has 0 unspecified atom stereocenters. The molecule has 1 saturated carbocycles. The Morgan fingerprint density at radius 3 is 2.32 bits per heavy atom. The van der Waals surface area contributed by atoms with Crippen LogP contribution in [0.5, 0.6) is 0 Å². The molecule has 2 rings (SSSR count). The molecule has 0 aliphatic heterocycles. The predicted molar refractivity (Wildman–Crippen MR) is 83.6 cm³/mol. The fourth-order valence-electron chi connectivity index (χ4n) is 2.51. The highest BCUT2D eigenvalue weighted by atomic mass is 32.2. The van der Waals surface area contributed by atoms with Gasteiger partial charge in [-0.25, -0.2) is 5.84 Å². The summed E-state index contributed by atoms with van der Waals surface area (Å²) in [5, 5.41) is 0. The molecule has 0 saturated heterocycles. The molecule has 0 atom stereocenters. The fourth-order valence-corrected chi connectivity index (χ4v) is 2.92. The summed E-state index contributed by atoms with van der Waals surface area (Å²) in [5.41, 5.74) is 3.84. The van der Waals surface area contributed by atoms with Crippen LogP contribution in [0.2, 0.25) is 0 Å². The summed E-state index contributed by atoms with van der Waals surface area (Å²) >= 11 is 1.74. The molecule has 1 aliphatic rings. The molecular formula is C15H23N3S. The number of hydrazine groups is 1. The van der Waals surface area contributed by atoms with Gasteiger partial charge in [0.15, 0.2) is 0 Å². The van der Waals surface area contributed by atoms with Crippen molar-refractivity contribution in [3.05, 3.63) is 29.8 Å². The van der Waals surface area contributed by atoms with Crippen LogP contribution in [0.3, 0.4) is 0 Å². The Bertz CT molecular complexity index is 406. The molecule has 1 aliphatic carbocycles. The quantitative estimate of drug-likeness (QED) is 0.222. The van der Waals surface area contributed by atoms with Crippen LogP contribution in [0.1, 0.15) is 44.1 Å². The lowest BCUT2D eigenvalue weighted by Crippen LogP contribution is -2.32. The van der Waals surface area contributed by atoms with E-state index in [0.717, 1.165) is 11.4 Å². The van der Waals surface area contributed by atoms with Gasteiger partial charge in [0, 0.05) is 10.5 Å². The van der Waals surface area contributed by atoms with Crippen molar-refractivity contribution in [1.29, 1.82) is 0 Å². The van der Waals surface area contributed by atoms with E-state index >= 15 is 0 Å². The normalized spacial score (nSPS) is 18.1. The summed E-state index contributed by atoms with van der Waals surface area (Å²) in [6.07, 6.45) is 9.73. The topological polar surface area (TPSA) is 50.4 Å². The molecule has 0 bridgehead atoms. The lowest BCUT2D eigenvalue weighted by molar-refractivity contribution is 0.583. The number of thioether (sulfide) groups is 1. The Hall–Kier alpha value is -1.00. The molecule has 1 aromatic carbocycles. The molecule has 4 heteroatoms. The Morgan fingerprint density at radius 1 is 1.16 bits per heavy atom. The Balaban J connectivity index is 2.12. The van der Waals surface area contributed by atoms with E-state index in [1.54, 1.807) is 11.8 Å². The molecule has 0 radical (unpaired) electrons. The van der Waals surface area contributed by atoms with E-state index in [-0.39, 0.29) is 0 Å². The van der Waals surface area contributed by atoms with Crippen LogP contribution >= 0.6 is 11.8 Å². The van der Waals surface area contributed by atoms with Crippen molar-refractivity contribution in [2.45, 2.75) is 49.5 Å². The zero-order chi connectivity index (χ0) is 13.5. The summed E-state index contributed by atoms with van der Waals surface area (Å²) in [6.45, 7) is 0. The molecule has 1 aromatic rings. The van der Waals surface area contributed by atoms with Gasteiger partial charge in [0.1, 0.15) is 5.84 Å². The number of rotatable bonds is 3. The van der Waals surface area contributed by atoms with Crippen molar-refractivity contribution in [2.24, 2.45) is 10.8 Å². The van der Waals surface area contributed by atoms with Gasteiger partial charge in [-0.3, -0.25) is 4.99 Å². The number of nitrogens with zero attached hydrogens (tertiary/aromatic N) is 1. The summed E-state index contributed by atoms with van der Waals surface area (Å²) < 4.78 is 0. The highest BCUT2D eigenvalue weighted by molar-refractivity contribution is 7.98. The molecule has 3 nitrogen and oxygen atoms in total. The minimum absolute atomic E-state index is 0.425. The number of aliphatic imine (C=N–C) groups is 1. The summed E-state index contributed by atoms with van der Waals surface area (Å²) in [4.78, 5) is 6.07. The summed E-state index contributed by atoms with van der Waals surface area (Å²) in [6, 6.07) is 8.82. The molecular weight excluding hydrogens is 254 g/mol. The zero-order valence-electron chi connectivity index (χ0n) is 11.6. The first kappa shape index (κ1) is 14.4. The van der Waals surface area contributed by atoms with Gasteiger partial charge in [0.25, 0.3) is 0 Å². The van der Waals surface area contributed by atoms with Crippen LogP contribution in [0, 0.1) is 0 Å². The highest BCUT2D eigenvalue weighted by Crippen LogP contribution is 2.21. The van der Waals surface area contributed by atoms with E-state index in [2.05, 4.69) is 35.9 Å². The lowest BCUT2D eigenvalue weighted by atomic mass is 10.1. The van der Waals surface area contributed by atoms with E-state index < -0.39 is 0 Å². The fraction of sp³-hybridized carbons (Fsp3) is 0.533. The van der Waals surface area contributed by atoms with Gasteiger partial charge in [-0.2, -0.15) is 0 Å². The van der Waals surface area contributed by atoms with Gasteiger partial charge < -0.3 is 5.43 Å². The SMILES string of the molecule is CSc1ccc(C(=NC2CCCCCC2)NN)cc1. The number of benzene rings is 1. The second-order valence-electron chi connectivity index (χ2n) is 5.00. The van der Waals surface area contributed by atoms with Crippen LogP contribution in [-0.4, -0.2) is 18.1 Å². The largest absolute Gasteiger partial charge is 0.308 e. The van der Waals surface area contributed by atoms with Gasteiger partial charge in [-0.05, 0) is 31.2 Å². The van der Waals surface area contributed by atoms with E-state index in [1.165, 1.54) is 43.4 Å². The van der Waals surface area contributed by atoms with Crippen LogP contribution in [0.25, 0.3) is 0 Å². The summed E-state index contributed by atoms with van der Waals surface area (Å²) in [5.74, 6) is 6.46. The molecule has 19 heavy (non-hydrogen) atoms. The van der Waals surface area contributed by atoms with Crippen LogP contribution in [0.15, 0.2) is 34.2 Å². The number of nitrogens with one attached hydrogen (secondary N) is 1. The first-order valence-corrected chi connectivity index (χ1v) is 8.25. The standard InChI is InChI=1S/C15H23N3S/c1-19-14-10-8-12(9-11-14)15(18-16)17-13-6-4-2-3-5-7-13/h8-11,13H,2-7,16H2,1H3,(H,17,18). The maximum absolute atomic E-state index is 5.65.